The number of hydrogen-bond donors (Lipinski definition) is 0. The third kappa shape index (κ3) is 3.27. The first-order valence-corrected chi connectivity index (χ1v) is 9.46. The molecular formula is C23H24N2O2. The first-order chi connectivity index (χ1) is 13.1. The molecular weight excluding hydrogens is 336 g/mol. The summed E-state index contributed by atoms with van der Waals surface area (Å²) < 4.78 is 0. The molecule has 1 saturated heterocycles. The monoisotopic (exact) mass is 360 g/mol. The van der Waals surface area contributed by atoms with Gasteiger partial charge in [-0.05, 0) is 30.0 Å². The Morgan fingerprint density at radius 2 is 1.63 bits per heavy atom. The van der Waals surface area contributed by atoms with Gasteiger partial charge in [0.1, 0.15) is 5.54 Å². The van der Waals surface area contributed by atoms with Crippen LogP contribution in [0.4, 0.5) is 0 Å². The predicted molar refractivity (Wildman–Crippen MR) is 106 cm³/mol. The summed E-state index contributed by atoms with van der Waals surface area (Å²) in [5.74, 6) is 0.0753. The van der Waals surface area contributed by atoms with Crippen LogP contribution in [-0.2, 0) is 22.7 Å². The van der Waals surface area contributed by atoms with E-state index in [2.05, 4.69) is 12.1 Å². The van der Waals surface area contributed by atoms with Gasteiger partial charge in [0.05, 0.1) is 0 Å². The van der Waals surface area contributed by atoms with Crippen molar-refractivity contribution in [1.29, 1.82) is 0 Å². The number of nitrogens with zero attached hydrogens (tertiary/aromatic N) is 2. The summed E-state index contributed by atoms with van der Waals surface area (Å²) in [6.07, 6.45) is 4.88. The van der Waals surface area contributed by atoms with Gasteiger partial charge in [0, 0.05) is 26.1 Å². The van der Waals surface area contributed by atoms with Gasteiger partial charge in [0.25, 0.3) is 0 Å². The number of amides is 2. The van der Waals surface area contributed by atoms with E-state index in [0.717, 1.165) is 12.0 Å². The first-order valence-electron chi connectivity index (χ1n) is 9.46. The Morgan fingerprint density at radius 1 is 1.00 bits per heavy atom. The molecule has 0 radical (unpaired) electrons. The van der Waals surface area contributed by atoms with Crippen LogP contribution in [0.2, 0.25) is 0 Å². The van der Waals surface area contributed by atoms with E-state index in [0.29, 0.717) is 26.1 Å². The van der Waals surface area contributed by atoms with E-state index >= 15 is 0 Å². The normalized spacial score (nSPS) is 21.2. The van der Waals surface area contributed by atoms with Crippen molar-refractivity contribution < 1.29 is 9.59 Å². The molecule has 0 saturated carbocycles. The molecule has 0 aliphatic carbocycles. The number of carbonyl (C=O) groups is 2. The third-order valence-electron chi connectivity index (χ3n) is 5.71. The van der Waals surface area contributed by atoms with Gasteiger partial charge in [-0.2, -0.15) is 0 Å². The van der Waals surface area contributed by atoms with E-state index in [1.165, 1.54) is 11.1 Å². The van der Waals surface area contributed by atoms with Gasteiger partial charge >= 0.3 is 0 Å². The van der Waals surface area contributed by atoms with Crippen LogP contribution in [-0.4, -0.2) is 33.7 Å². The molecule has 138 valence electrons. The molecule has 2 aromatic carbocycles. The van der Waals surface area contributed by atoms with E-state index in [9.17, 15) is 9.59 Å². The Morgan fingerprint density at radius 3 is 2.22 bits per heavy atom. The number of carbonyl (C=O) groups excluding carboxylic acids is 2. The van der Waals surface area contributed by atoms with Crippen LogP contribution >= 0.6 is 0 Å². The van der Waals surface area contributed by atoms with Crippen molar-refractivity contribution >= 4 is 17.9 Å². The molecule has 2 aliphatic heterocycles. The minimum atomic E-state index is -0.709. The van der Waals surface area contributed by atoms with Crippen LogP contribution < -0.4 is 0 Å². The molecule has 4 nitrogen and oxygen atoms in total. The summed E-state index contributed by atoms with van der Waals surface area (Å²) in [7, 11) is 0. The summed E-state index contributed by atoms with van der Waals surface area (Å²) in [5, 5.41) is 0. The highest BCUT2D eigenvalue weighted by molar-refractivity contribution is 5.93. The van der Waals surface area contributed by atoms with Crippen LogP contribution in [0.15, 0.2) is 60.7 Å². The van der Waals surface area contributed by atoms with Crippen molar-refractivity contribution in [2.45, 2.75) is 38.4 Å². The summed E-state index contributed by atoms with van der Waals surface area (Å²) in [5.41, 5.74) is 2.78. The Hall–Kier alpha value is -2.88. The lowest BCUT2D eigenvalue weighted by Crippen LogP contribution is -2.67. The first kappa shape index (κ1) is 17.5. The maximum absolute atomic E-state index is 13.1. The number of rotatable bonds is 4. The lowest BCUT2D eigenvalue weighted by atomic mass is 9.84. The fourth-order valence-corrected chi connectivity index (χ4v) is 3.97. The highest BCUT2D eigenvalue weighted by Crippen LogP contribution is 2.35. The van der Waals surface area contributed by atoms with E-state index in [4.69, 9.17) is 0 Å². The van der Waals surface area contributed by atoms with Crippen LogP contribution in [0.25, 0.3) is 6.08 Å². The molecule has 27 heavy (non-hydrogen) atoms. The summed E-state index contributed by atoms with van der Waals surface area (Å²) in [4.78, 5) is 29.4. The van der Waals surface area contributed by atoms with Gasteiger partial charge in [-0.25, -0.2) is 0 Å². The second kappa shape index (κ2) is 7.03. The molecule has 2 aliphatic rings. The van der Waals surface area contributed by atoms with Crippen molar-refractivity contribution in [3.63, 3.8) is 0 Å². The van der Waals surface area contributed by atoms with Crippen LogP contribution in [0.1, 0.15) is 36.5 Å². The average molecular weight is 360 g/mol. The van der Waals surface area contributed by atoms with Crippen molar-refractivity contribution in [3.05, 3.63) is 77.4 Å². The van der Waals surface area contributed by atoms with Crippen molar-refractivity contribution in [2.24, 2.45) is 0 Å². The topological polar surface area (TPSA) is 40.6 Å². The van der Waals surface area contributed by atoms with Gasteiger partial charge < -0.3 is 9.80 Å². The average Bonchev–Trinajstić information content (AvgIpc) is 3.11. The standard InChI is InChI=1S/C23H24N2O2/c1-23(22(27)24-16-19-11-5-6-12-20(19)17-24)14-15-25(23)21(26)13-7-10-18-8-3-2-4-9-18/h2-12H,13-17H2,1H3/b10-7+. The van der Waals surface area contributed by atoms with Crippen LogP contribution in [0.3, 0.4) is 0 Å². The van der Waals surface area contributed by atoms with Gasteiger partial charge in [-0.3, -0.25) is 9.59 Å². The number of fused-ring (bicyclic) bond motifs is 1. The second-order valence-corrected chi connectivity index (χ2v) is 7.52. The second-order valence-electron chi connectivity index (χ2n) is 7.52. The number of benzene rings is 2. The maximum atomic E-state index is 13.1. The van der Waals surface area contributed by atoms with E-state index in [-0.39, 0.29) is 11.8 Å². The SMILES string of the molecule is CC1(C(=O)N2Cc3ccccc3C2)CCN1C(=O)C/C=C/c1ccccc1. The molecule has 2 aromatic rings. The number of hydrogen-bond acceptors (Lipinski definition) is 2. The molecule has 0 bridgehead atoms. The predicted octanol–water partition coefficient (Wildman–Crippen LogP) is 3.62. The fourth-order valence-electron chi connectivity index (χ4n) is 3.97. The van der Waals surface area contributed by atoms with Crippen LogP contribution in [0, 0.1) is 0 Å². The zero-order valence-electron chi connectivity index (χ0n) is 15.6. The zero-order valence-corrected chi connectivity index (χ0v) is 15.6. The summed E-state index contributed by atoms with van der Waals surface area (Å²) in [6.45, 7) is 3.84. The maximum Gasteiger partial charge on any atom is 0.248 e. The fraction of sp³-hybridized carbons (Fsp3) is 0.304. The van der Waals surface area contributed by atoms with Crippen molar-refractivity contribution in [3.8, 4) is 0 Å². The largest absolute Gasteiger partial charge is 0.332 e. The molecule has 0 spiro atoms. The Labute approximate surface area is 160 Å². The lowest BCUT2D eigenvalue weighted by Gasteiger charge is -2.50. The molecule has 0 aromatic heterocycles. The quantitative estimate of drug-likeness (QED) is 0.835. The smallest absolute Gasteiger partial charge is 0.248 e. The van der Waals surface area contributed by atoms with Gasteiger partial charge in [-0.15, -0.1) is 0 Å². The molecule has 1 atom stereocenters. The minimum Gasteiger partial charge on any atom is -0.332 e. The molecule has 0 N–H and O–H groups in total. The minimum absolute atomic E-state index is 0.0148. The van der Waals surface area contributed by atoms with E-state index in [1.807, 2.05) is 66.4 Å². The van der Waals surface area contributed by atoms with Crippen molar-refractivity contribution in [2.75, 3.05) is 6.54 Å². The molecule has 2 amide bonds. The van der Waals surface area contributed by atoms with Crippen molar-refractivity contribution in [1.82, 2.24) is 9.80 Å². The molecule has 1 unspecified atom stereocenters. The van der Waals surface area contributed by atoms with Gasteiger partial charge in [-0.1, -0.05) is 66.7 Å². The highest BCUT2D eigenvalue weighted by Gasteiger charge is 2.51. The van der Waals surface area contributed by atoms with Gasteiger partial charge in [0.15, 0.2) is 0 Å². The molecule has 1 fully saturated rings. The molecule has 4 rings (SSSR count). The Balaban J connectivity index is 1.39. The number of likely N-dealkylation sites (tertiary alicyclic amines) is 1. The molecule has 4 heteroatoms. The zero-order chi connectivity index (χ0) is 18.9. The molecule has 2 heterocycles. The highest BCUT2D eigenvalue weighted by atomic mass is 16.2. The van der Waals surface area contributed by atoms with Gasteiger partial charge in [0.2, 0.25) is 11.8 Å². The van der Waals surface area contributed by atoms with E-state index < -0.39 is 5.54 Å². The van der Waals surface area contributed by atoms with Crippen LogP contribution in [0.5, 0.6) is 0 Å². The third-order valence-corrected chi connectivity index (χ3v) is 5.71. The Bertz CT molecular complexity index is 865. The Kier molecular flexibility index (Phi) is 4.56. The lowest BCUT2D eigenvalue weighted by molar-refractivity contribution is -0.164. The summed E-state index contributed by atoms with van der Waals surface area (Å²) >= 11 is 0. The summed E-state index contributed by atoms with van der Waals surface area (Å²) in [6, 6.07) is 18.1. The van der Waals surface area contributed by atoms with E-state index in [1.54, 1.807) is 4.90 Å².